The molecular formula is C15H28O7. The maximum absolute atomic E-state index is 11.0. The number of aliphatic hydroxyl groups is 3. The highest BCUT2D eigenvalue weighted by Crippen LogP contribution is 2.12. The number of hydrogen-bond donors (Lipinski definition) is 4. The summed E-state index contributed by atoms with van der Waals surface area (Å²) in [5.74, 6) is -1.50. The van der Waals surface area contributed by atoms with Crippen molar-refractivity contribution >= 4 is 11.9 Å². The normalized spacial score (nSPS) is 15.1. The molecule has 0 aliphatic rings. The Balaban J connectivity index is 3.53. The third kappa shape index (κ3) is 11.5. The SMILES string of the molecule is C[C@H](O)C(=O)OCCCCCC(O)C(O)CCCCC(=O)O. The lowest BCUT2D eigenvalue weighted by Crippen LogP contribution is -2.25. The van der Waals surface area contributed by atoms with E-state index in [1.807, 2.05) is 0 Å². The van der Waals surface area contributed by atoms with Gasteiger partial charge in [-0.25, -0.2) is 4.79 Å². The van der Waals surface area contributed by atoms with Crippen LogP contribution in [0.5, 0.6) is 0 Å². The van der Waals surface area contributed by atoms with Crippen LogP contribution < -0.4 is 0 Å². The Morgan fingerprint density at radius 1 is 0.909 bits per heavy atom. The summed E-state index contributed by atoms with van der Waals surface area (Å²) in [6.45, 7) is 1.58. The van der Waals surface area contributed by atoms with Crippen molar-refractivity contribution in [2.45, 2.75) is 76.6 Å². The van der Waals surface area contributed by atoms with Crippen LogP contribution in [-0.2, 0) is 14.3 Å². The van der Waals surface area contributed by atoms with Gasteiger partial charge in [0.05, 0.1) is 18.8 Å². The Kier molecular flexibility index (Phi) is 11.7. The number of carbonyl (C=O) groups is 2. The van der Waals surface area contributed by atoms with Crippen molar-refractivity contribution in [3.05, 3.63) is 0 Å². The molecule has 0 aliphatic heterocycles. The molecule has 0 radical (unpaired) electrons. The first-order valence-corrected chi connectivity index (χ1v) is 7.77. The van der Waals surface area contributed by atoms with E-state index in [1.54, 1.807) is 0 Å². The average Bonchev–Trinajstić information content (AvgIpc) is 2.45. The average molecular weight is 320 g/mol. The van der Waals surface area contributed by atoms with Gasteiger partial charge in [-0.15, -0.1) is 0 Å². The van der Waals surface area contributed by atoms with Crippen LogP contribution in [0.25, 0.3) is 0 Å². The lowest BCUT2D eigenvalue weighted by Gasteiger charge is -2.17. The van der Waals surface area contributed by atoms with Gasteiger partial charge in [0.25, 0.3) is 0 Å². The van der Waals surface area contributed by atoms with Crippen molar-refractivity contribution in [2.75, 3.05) is 6.61 Å². The largest absolute Gasteiger partial charge is 0.481 e. The minimum atomic E-state index is -1.11. The Labute approximate surface area is 130 Å². The van der Waals surface area contributed by atoms with Crippen molar-refractivity contribution in [2.24, 2.45) is 0 Å². The number of ether oxygens (including phenoxy) is 1. The van der Waals surface area contributed by atoms with Crippen molar-refractivity contribution in [1.82, 2.24) is 0 Å². The zero-order chi connectivity index (χ0) is 17.0. The van der Waals surface area contributed by atoms with E-state index in [0.29, 0.717) is 38.5 Å². The second-order valence-electron chi connectivity index (χ2n) is 5.47. The molecule has 130 valence electrons. The fraction of sp³-hybridized carbons (Fsp3) is 0.867. The molecule has 4 N–H and O–H groups in total. The molecule has 22 heavy (non-hydrogen) atoms. The zero-order valence-corrected chi connectivity index (χ0v) is 13.1. The van der Waals surface area contributed by atoms with Gasteiger partial charge in [0, 0.05) is 6.42 Å². The van der Waals surface area contributed by atoms with Gasteiger partial charge in [-0.3, -0.25) is 4.79 Å². The van der Waals surface area contributed by atoms with Crippen LogP contribution in [0.3, 0.4) is 0 Å². The number of carboxylic acids is 1. The van der Waals surface area contributed by atoms with Crippen LogP contribution in [0.2, 0.25) is 0 Å². The maximum atomic E-state index is 11.0. The van der Waals surface area contributed by atoms with E-state index in [-0.39, 0.29) is 13.0 Å². The van der Waals surface area contributed by atoms with E-state index in [4.69, 9.17) is 14.9 Å². The quantitative estimate of drug-likeness (QED) is 0.293. The molecule has 3 atom stereocenters. The minimum absolute atomic E-state index is 0.0774. The van der Waals surface area contributed by atoms with Crippen LogP contribution in [0.4, 0.5) is 0 Å². The fourth-order valence-electron chi connectivity index (χ4n) is 1.94. The van der Waals surface area contributed by atoms with Gasteiger partial charge in [0.2, 0.25) is 0 Å². The minimum Gasteiger partial charge on any atom is -0.481 e. The van der Waals surface area contributed by atoms with E-state index in [1.165, 1.54) is 6.92 Å². The van der Waals surface area contributed by atoms with Gasteiger partial charge in [0.1, 0.15) is 6.10 Å². The van der Waals surface area contributed by atoms with Crippen molar-refractivity contribution in [1.29, 1.82) is 0 Å². The van der Waals surface area contributed by atoms with Crippen LogP contribution in [-0.4, -0.2) is 57.3 Å². The standard InChI is InChI=1S/C15H28O7/c1-11(16)15(21)22-10-6-2-3-7-12(17)13(18)8-4-5-9-14(19)20/h11-13,16-18H,2-10H2,1H3,(H,19,20)/t11-,12?,13?/m0/s1. The molecule has 0 aromatic heterocycles. The van der Waals surface area contributed by atoms with Crippen LogP contribution in [0.15, 0.2) is 0 Å². The molecule has 0 fully saturated rings. The number of esters is 1. The van der Waals surface area contributed by atoms with Crippen LogP contribution >= 0.6 is 0 Å². The molecule has 0 aromatic rings. The Morgan fingerprint density at radius 2 is 1.45 bits per heavy atom. The molecule has 7 heteroatoms. The molecule has 0 amide bonds. The fourth-order valence-corrected chi connectivity index (χ4v) is 1.94. The van der Waals surface area contributed by atoms with Crippen LogP contribution in [0.1, 0.15) is 58.3 Å². The Bertz CT molecular complexity index is 317. The van der Waals surface area contributed by atoms with E-state index in [2.05, 4.69) is 0 Å². The van der Waals surface area contributed by atoms with Crippen LogP contribution in [0, 0.1) is 0 Å². The van der Waals surface area contributed by atoms with E-state index in [9.17, 15) is 19.8 Å². The lowest BCUT2D eigenvalue weighted by molar-refractivity contribution is -0.152. The number of rotatable bonds is 13. The van der Waals surface area contributed by atoms with Crippen molar-refractivity contribution in [3.63, 3.8) is 0 Å². The number of carboxylic acid groups (broad SMARTS) is 1. The highest BCUT2D eigenvalue weighted by molar-refractivity contribution is 5.73. The van der Waals surface area contributed by atoms with Gasteiger partial charge >= 0.3 is 11.9 Å². The summed E-state index contributed by atoms with van der Waals surface area (Å²) in [5.41, 5.74) is 0. The number of unbranched alkanes of at least 4 members (excludes halogenated alkanes) is 3. The zero-order valence-electron chi connectivity index (χ0n) is 13.1. The molecule has 0 aromatic carbocycles. The Morgan fingerprint density at radius 3 is 1.95 bits per heavy atom. The summed E-state index contributed by atoms with van der Waals surface area (Å²) in [6.07, 6.45) is 1.30. The van der Waals surface area contributed by atoms with Crippen molar-refractivity contribution < 1.29 is 34.8 Å². The summed E-state index contributed by atoms with van der Waals surface area (Å²) in [7, 11) is 0. The summed E-state index contributed by atoms with van der Waals surface area (Å²) in [6, 6.07) is 0. The second-order valence-corrected chi connectivity index (χ2v) is 5.47. The molecule has 0 saturated carbocycles. The molecule has 0 bridgehead atoms. The molecule has 0 rings (SSSR count). The third-order valence-electron chi connectivity index (χ3n) is 3.31. The molecule has 0 aliphatic carbocycles. The second kappa shape index (κ2) is 12.4. The van der Waals surface area contributed by atoms with Gasteiger partial charge in [0.15, 0.2) is 0 Å². The number of carbonyl (C=O) groups excluding carboxylic acids is 1. The van der Waals surface area contributed by atoms with Gasteiger partial charge in [-0.2, -0.15) is 0 Å². The maximum Gasteiger partial charge on any atom is 0.334 e. The van der Waals surface area contributed by atoms with Gasteiger partial charge < -0.3 is 25.2 Å². The van der Waals surface area contributed by atoms with E-state index in [0.717, 1.165) is 6.42 Å². The highest BCUT2D eigenvalue weighted by atomic mass is 16.5. The molecule has 0 spiro atoms. The van der Waals surface area contributed by atoms with E-state index < -0.39 is 30.3 Å². The van der Waals surface area contributed by atoms with Gasteiger partial charge in [-0.05, 0) is 39.0 Å². The summed E-state index contributed by atoms with van der Waals surface area (Å²) < 4.78 is 4.79. The first kappa shape index (κ1) is 20.8. The molecule has 0 heterocycles. The van der Waals surface area contributed by atoms with Gasteiger partial charge in [-0.1, -0.05) is 12.8 Å². The smallest absolute Gasteiger partial charge is 0.334 e. The molecule has 2 unspecified atom stereocenters. The third-order valence-corrected chi connectivity index (χ3v) is 3.31. The van der Waals surface area contributed by atoms with E-state index >= 15 is 0 Å². The highest BCUT2D eigenvalue weighted by Gasteiger charge is 2.15. The van der Waals surface area contributed by atoms with Crippen molar-refractivity contribution in [3.8, 4) is 0 Å². The first-order valence-electron chi connectivity index (χ1n) is 7.77. The molecule has 0 saturated heterocycles. The molecular weight excluding hydrogens is 292 g/mol. The lowest BCUT2D eigenvalue weighted by atomic mass is 10.0. The summed E-state index contributed by atoms with van der Waals surface area (Å²) in [4.78, 5) is 21.3. The predicted molar refractivity (Wildman–Crippen MR) is 79.2 cm³/mol. The molecule has 7 nitrogen and oxygen atoms in total. The summed E-state index contributed by atoms with van der Waals surface area (Å²) >= 11 is 0. The monoisotopic (exact) mass is 320 g/mol. The Hall–Kier alpha value is -1.18. The number of aliphatic hydroxyl groups excluding tert-OH is 3. The predicted octanol–water partition coefficient (Wildman–Crippen LogP) is 0.838. The number of aliphatic carboxylic acids is 1. The summed E-state index contributed by atoms with van der Waals surface area (Å²) in [5, 5.41) is 36.9. The number of hydrogen-bond acceptors (Lipinski definition) is 6. The first-order chi connectivity index (χ1) is 10.3. The topological polar surface area (TPSA) is 124 Å².